The predicted octanol–water partition coefficient (Wildman–Crippen LogP) is 4.52. The summed E-state index contributed by atoms with van der Waals surface area (Å²) >= 11 is 7.77. The molecule has 0 saturated carbocycles. The molecule has 20 heavy (non-hydrogen) atoms. The highest BCUT2D eigenvalue weighted by atomic mass is 35.5. The molecule has 0 spiro atoms. The molecule has 0 amide bonds. The molecule has 0 aliphatic carbocycles. The SMILES string of the molecule is CCNc1nc(Nc2ccccc2Cl)c2ccsc2n1. The number of hydrogen-bond donors (Lipinski definition) is 2. The Bertz CT molecular complexity index is 741. The number of nitrogens with one attached hydrogen (secondary N) is 2. The van der Waals surface area contributed by atoms with Crippen molar-refractivity contribution in [1.29, 1.82) is 0 Å². The summed E-state index contributed by atoms with van der Waals surface area (Å²) < 4.78 is 0. The van der Waals surface area contributed by atoms with E-state index in [2.05, 4.69) is 20.6 Å². The summed E-state index contributed by atoms with van der Waals surface area (Å²) in [6.07, 6.45) is 0. The van der Waals surface area contributed by atoms with Gasteiger partial charge < -0.3 is 10.6 Å². The predicted molar refractivity (Wildman–Crippen MR) is 86.3 cm³/mol. The van der Waals surface area contributed by atoms with Crippen molar-refractivity contribution in [3.63, 3.8) is 0 Å². The highest BCUT2D eigenvalue weighted by Crippen LogP contribution is 2.31. The van der Waals surface area contributed by atoms with E-state index in [0.717, 1.165) is 28.3 Å². The maximum absolute atomic E-state index is 6.18. The molecule has 0 fully saturated rings. The molecule has 2 N–H and O–H groups in total. The lowest BCUT2D eigenvalue weighted by atomic mass is 10.3. The van der Waals surface area contributed by atoms with Crippen LogP contribution < -0.4 is 10.6 Å². The molecule has 0 radical (unpaired) electrons. The van der Waals surface area contributed by atoms with Gasteiger partial charge in [0.25, 0.3) is 0 Å². The Labute approximate surface area is 125 Å². The second-order valence-corrected chi connectivity index (χ2v) is 5.47. The van der Waals surface area contributed by atoms with Crippen molar-refractivity contribution in [2.45, 2.75) is 6.92 Å². The number of halogens is 1. The highest BCUT2D eigenvalue weighted by molar-refractivity contribution is 7.16. The quantitative estimate of drug-likeness (QED) is 0.744. The molecule has 0 bridgehead atoms. The molecular weight excluding hydrogens is 292 g/mol. The third kappa shape index (κ3) is 2.55. The zero-order valence-corrected chi connectivity index (χ0v) is 12.4. The van der Waals surface area contributed by atoms with Crippen LogP contribution in [0.1, 0.15) is 6.92 Å². The fraction of sp³-hybridized carbons (Fsp3) is 0.143. The van der Waals surface area contributed by atoms with E-state index in [1.54, 1.807) is 11.3 Å². The van der Waals surface area contributed by atoms with Gasteiger partial charge in [-0.15, -0.1) is 11.3 Å². The minimum Gasteiger partial charge on any atom is -0.354 e. The average Bonchev–Trinajstić information content (AvgIpc) is 2.90. The molecule has 0 saturated heterocycles. The van der Waals surface area contributed by atoms with Gasteiger partial charge in [-0.2, -0.15) is 4.98 Å². The molecular formula is C14H13ClN4S. The molecule has 0 atom stereocenters. The molecule has 3 aromatic rings. The smallest absolute Gasteiger partial charge is 0.226 e. The summed E-state index contributed by atoms with van der Waals surface area (Å²) in [5.41, 5.74) is 0.836. The second kappa shape index (κ2) is 5.64. The topological polar surface area (TPSA) is 49.8 Å². The van der Waals surface area contributed by atoms with Crippen molar-refractivity contribution in [2.75, 3.05) is 17.2 Å². The third-order valence-electron chi connectivity index (χ3n) is 2.79. The normalized spacial score (nSPS) is 10.7. The Balaban J connectivity index is 2.05. The fourth-order valence-electron chi connectivity index (χ4n) is 1.88. The van der Waals surface area contributed by atoms with Gasteiger partial charge in [0.2, 0.25) is 5.95 Å². The van der Waals surface area contributed by atoms with Crippen LogP contribution in [0, 0.1) is 0 Å². The number of nitrogens with zero attached hydrogens (tertiary/aromatic N) is 2. The van der Waals surface area contributed by atoms with E-state index >= 15 is 0 Å². The van der Waals surface area contributed by atoms with Gasteiger partial charge in [0.05, 0.1) is 16.1 Å². The van der Waals surface area contributed by atoms with Crippen LogP contribution in [0.25, 0.3) is 10.2 Å². The molecule has 2 heterocycles. The summed E-state index contributed by atoms with van der Waals surface area (Å²) in [6.45, 7) is 2.80. The Hall–Kier alpha value is -1.85. The summed E-state index contributed by atoms with van der Waals surface area (Å²) in [7, 11) is 0. The molecule has 102 valence electrons. The molecule has 4 nitrogen and oxygen atoms in total. The van der Waals surface area contributed by atoms with Gasteiger partial charge in [0.15, 0.2) is 0 Å². The number of fused-ring (bicyclic) bond motifs is 1. The van der Waals surface area contributed by atoms with E-state index in [1.165, 1.54) is 0 Å². The van der Waals surface area contributed by atoms with Crippen LogP contribution in [0.5, 0.6) is 0 Å². The summed E-state index contributed by atoms with van der Waals surface area (Å²) in [4.78, 5) is 9.94. The number of rotatable bonds is 4. The van der Waals surface area contributed by atoms with Crippen LogP contribution in [-0.4, -0.2) is 16.5 Å². The Morgan fingerprint density at radius 1 is 1.20 bits per heavy atom. The lowest BCUT2D eigenvalue weighted by molar-refractivity contribution is 1.11. The lowest BCUT2D eigenvalue weighted by Gasteiger charge is -2.10. The summed E-state index contributed by atoms with van der Waals surface area (Å²) in [6, 6.07) is 9.62. The van der Waals surface area contributed by atoms with Gasteiger partial charge >= 0.3 is 0 Å². The number of thiophene rings is 1. The molecule has 0 aliphatic heterocycles. The monoisotopic (exact) mass is 304 g/mol. The number of hydrogen-bond acceptors (Lipinski definition) is 5. The zero-order chi connectivity index (χ0) is 13.9. The minimum atomic E-state index is 0.622. The maximum Gasteiger partial charge on any atom is 0.226 e. The Morgan fingerprint density at radius 3 is 2.85 bits per heavy atom. The highest BCUT2D eigenvalue weighted by Gasteiger charge is 2.10. The largest absolute Gasteiger partial charge is 0.354 e. The van der Waals surface area contributed by atoms with Gasteiger partial charge in [-0.25, -0.2) is 4.98 Å². The van der Waals surface area contributed by atoms with Crippen LogP contribution in [0.2, 0.25) is 5.02 Å². The van der Waals surface area contributed by atoms with Crippen LogP contribution in [0.15, 0.2) is 35.7 Å². The van der Waals surface area contributed by atoms with Crippen LogP contribution >= 0.6 is 22.9 Å². The molecule has 6 heteroatoms. The van der Waals surface area contributed by atoms with Crippen molar-refractivity contribution in [1.82, 2.24) is 9.97 Å². The van der Waals surface area contributed by atoms with E-state index in [1.807, 2.05) is 42.6 Å². The van der Waals surface area contributed by atoms with Gasteiger partial charge in [-0.3, -0.25) is 0 Å². The van der Waals surface area contributed by atoms with Crippen molar-refractivity contribution >= 4 is 50.6 Å². The zero-order valence-electron chi connectivity index (χ0n) is 10.9. The van der Waals surface area contributed by atoms with E-state index in [-0.39, 0.29) is 0 Å². The number of anilines is 3. The number of benzene rings is 1. The lowest BCUT2D eigenvalue weighted by Crippen LogP contribution is -2.04. The van der Waals surface area contributed by atoms with Gasteiger partial charge in [0, 0.05) is 6.54 Å². The van der Waals surface area contributed by atoms with E-state index in [9.17, 15) is 0 Å². The van der Waals surface area contributed by atoms with Crippen molar-refractivity contribution in [2.24, 2.45) is 0 Å². The van der Waals surface area contributed by atoms with E-state index < -0.39 is 0 Å². The third-order valence-corrected chi connectivity index (χ3v) is 3.92. The molecule has 0 aliphatic rings. The summed E-state index contributed by atoms with van der Waals surface area (Å²) in [5.74, 6) is 1.39. The standard InChI is InChI=1S/C14H13ClN4S/c1-2-16-14-18-12(9-7-8-20-13(9)19-14)17-11-6-4-3-5-10(11)15/h3-8H,2H2,1H3,(H2,16,17,18,19). The van der Waals surface area contributed by atoms with Crippen molar-refractivity contribution in [3.05, 3.63) is 40.7 Å². The first kappa shape index (κ1) is 13.1. The first-order valence-electron chi connectivity index (χ1n) is 6.28. The fourth-order valence-corrected chi connectivity index (χ4v) is 2.82. The molecule has 0 unspecified atom stereocenters. The number of para-hydroxylation sites is 1. The molecule has 1 aromatic carbocycles. The van der Waals surface area contributed by atoms with Crippen LogP contribution in [0.3, 0.4) is 0 Å². The van der Waals surface area contributed by atoms with E-state index in [4.69, 9.17) is 11.6 Å². The first-order valence-corrected chi connectivity index (χ1v) is 7.54. The maximum atomic E-state index is 6.18. The van der Waals surface area contributed by atoms with Gasteiger partial charge in [0.1, 0.15) is 10.6 Å². The van der Waals surface area contributed by atoms with Crippen LogP contribution in [-0.2, 0) is 0 Å². The average molecular weight is 305 g/mol. The van der Waals surface area contributed by atoms with Crippen LogP contribution in [0.4, 0.5) is 17.5 Å². The number of aromatic nitrogens is 2. The molecule has 2 aromatic heterocycles. The van der Waals surface area contributed by atoms with Crippen molar-refractivity contribution in [3.8, 4) is 0 Å². The Kier molecular flexibility index (Phi) is 3.71. The second-order valence-electron chi connectivity index (χ2n) is 4.17. The van der Waals surface area contributed by atoms with E-state index in [0.29, 0.717) is 11.0 Å². The molecule has 3 rings (SSSR count). The minimum absolute atomic E-state index is 0.622. The Morgan fingerprint density at radius 2 is 2.05 bits per heavy atom. The summed E-state index contributed by atoms with van der Waals surface area (Å²) in [5, 5.41) is 10.1. The first-order chi connectivity index (χ1) is 9.78. The van der Waals surface area contributed by atoms with Gasteiger partial charge in [-0.1, -0.05) is 23.7 Å². The van der Waals surface area contributed by atoms with Crippen molar-refractivity contribution < 1.29 is 0 Å². The van der Waals surface area contributed by atoms with Gasteiger partial charge in [-0.05, 0) is 30.5 Å².